The van der Waals surface area contributed by atoms with E-state index in [4.69, 9.17) is 10.5 Å². The van der Waals surface area contributed by atoms with Gasteiger partial charge >= 0.3 is 0 Å². The van der Waals surface area contributed by atoms with Crippen LogP contribution in [0.2, 0.25) is 0 Å². The molecule has 0 saturated carbocycles. The van der Waals surface area contributed by atoms with Crippen LogP contribution in [0, 0.1) is 0 Å². The Kier molecular flexibility index (Phi) is 4.39. The van der Waals surface area contributed by atoms with Gasteiger partial charge in [-0.15, -0.1) is 0 Å². The van der Waals surface area contributed by atoms with Crippen molar-refractivity contribution in [2.45, 2.75) is 19.4 Å². The summed E-state index contributed by atoms with van der Waals surface area (Å²) < 4.78 is 5.63. The van der Waals surface area contributed by atoms with Crippen LogP contribution in [0.15, 0.2) is 18.2 Å². The van der Waals surface area contributed by atoms with Crippen molar-refractivity contribution in [3.05, 3.63) is 23.8 Å². The second-order valence-corrected chi connectivity index (χ2v) is 4.69. The number of nitrogens with two attached hydrogens (primary N) is 1. The Labute approximate surface area is 113 Å². The van der Waals surface area contributed by atoms with Crippen LogP contribution < -0.4 is 20.7 Å². The first-order chi connectivity index (χ1) is 9.17. The number of amides is 1. The summed E-state index contributed by atoms with van der Waals surface area (Å²) in [6.07, 6.45) is 0.478. The highest BCUT2D eigenvalue weighted by molar-refractivity contribution is 5.99. The number of carbonyl (C=O) groups is 1. The Hall–Kier alpha value is -1.59. The molecule has 1 unspecified atom stereocenters. The third-order valence-electron chi connectivity index (χ3n) is 3.25. The summed E-state index contributed by atoms with van der Waals surface area (Å²) in [6, 6.07) is 6.00. The molecule has 1 heterocycles. The van der Waals surface area contributed by atoms with Gasteiger partial charge in [0.05, 0.1) is 5.69 Å². The highest BCUT2D eigenvalue weighted by Gasteiger charge is 2.30. The van der Waals surface area contributed by atoms with Gasteiger partial charge in [-0.2, -0.15) is 0 Å². The average molecular weight is 263 g/mol. The molecule has 0 spiro atoms. The fourth-order valence-corrected chi connectivity index (χ4v) is 2.24. The van der Waals surface area contributed by atoms with E-state index >= 15 is 0 Å². The minimum absolute atomic E-state index is 0.0243. The van der Waals surface area contributed by atoms with E-state index in [9.17, 15) is 4.79 Å². The third-order valence-corrected chi connectivity index (χ3v) is 3.25. The number of ether oxygens (including phenoxy) is 1. The van der Waals surface area contributed by atoms with E-state index < -0.39 is 6.10 Å². The first-order valence-electron chi connectivity index (χ1n) is 6.63. The van der Waals surface area contributed by atoms with E-state index in [1.807, 2.05) is 25.2 Å². The van der Waals surface area contributed by atoms with Crippen LogP contribution in [-0.2, 0) is 11.2 Å². The summed E-state index contributed by atoms with van der Waals surface area (Å²) in [7, 11) is 1.92. The second-order valence-electron chi connectivity index (χ2n) is 4.69. The zero-order valence-corrected chi connectivity index (χ0v) is 11.5. The molecule has 1 atom stereocenters. The zero-order chi connectivity index (χ0) is 13.8. The summed E-state index contributed by atoms with van der Waals surface area (Å²) in [4.78, 5) is 13.9. The van der Waals surface area contributed by atoms with E-state index in [0.29, 0.717) is 13.1 Å². The lowest BCUT2D eigenvalue weighted by atomic mass is 10.1. The number of nitrogens with one attached hydrogen (secondary N) is 1. The van der Waals surface area contributed by atoms with Gasteiger partial charge in [0.25, 0.3) is 5.91 Å². The van der Waals surface area contributed by atoms with Crippen molar-refractivity contribution in [3.8, 4) is 5.75 Å². The number of rotatable bonds is 5. The lowest BCUT2D eigenvalue weighted by Crippen LogP contribution is -2.46. The maximum Gasteiger partial charge on any atom is 0.267 e. The summed E-state index contributed by atoms with van der Waals surface area (Å²) in [5, 5.41) is 3.12. The van der Waals surface area contributed by atoms with Gasteiger partial charge in [0, 0.05) is 13.1 Å². The summed E-state index contributed by atoms with van der Waals surface area (Å²) in [6.45, 7) is 3.64. The Morgan fingerprint density at radius 2 is 2.26 bits per heavy atom. The standard InChI is InChI=1S/C14H21N3O2/c1-10-14(18)17(8-6-15)12-9-11(5-7-16-2)3-4-13(12)19-10/h3-4,9-10,16H,5-8,15H2,1-2H3. The Morgan fingerprint density at radius 3 is 2.95 bits per heavy atom. The van der Waals surface area contributed by atoms with Crippen LogP contribution in [0.3, 0.4) is 0 Å². The molecule has 1 aliphatic heterocycles. The average Bonchev–Trinajstić information content (AvgIpc) is 2.42. The minimum Gasteiger partial charge on any atom is -0.479 e. The van der Waals surface area contributed by atoms with E-state index in [1.165, 1.54) is 5.56 Å². The highest BCUT2D eigenvalue weighted by Crippen LogP contribution is 2.34. The molecule has 0 radical (unpaired) electrons. The van der Waals surface area contributed by atoms with Crippen molar-refractivity contribution in [1.29, 1.82) is 0 Å². The molecule has 0 saturated heterocycles. The minimum atomic E-state index is -0.442. The number of anilines is 1. The van der Waals surface area contributed by atoms with Crippen LogP contribution in [0.25, 0.3) is 0 Å². The van der Waals surface area contributed by atoms with Crippen molar-refractivity contribution < 1.29 is 9.53 Å². The van der Waals surface area contributed by atoms with Crippen LogP contribution in [0.4, 0.5) is 5.69 Å². The lowest BCUT2D eigenvalue weighted by Gasteiger charge is -2.33. The molecule has 2 rings (SSSR count). The van der Waals surface area contributed by atoms with Gasteiger partial charge < -0.3 is 20.7 Å². The molecular weight excluding hydrogens is 242 g/mol. The number of carbonyl (C=O) groups excluding carboxylic acids is 1. The molecule has 5 nitrogen and oxygen atoms in total. The maximum absolute atomic E-state index is 12.1. The molecule has 104 valence electrons. The maximum atomic E-state index is 12.1. The smallest absolute Gasteiger partial charge is 0.267 e. The van der Waals surface area contributed by atoms with E-state index in [0.717, 1.165) is 24.4 Å². The SMILES string of the molecule is CNCCc1ccc2c(c1)N(CCN)C(=O)C(C)O2. The Balaban J connectivity index is 2.31. The van der Waals surface area contributed by atoms with Crippen molar-refractivity contribution >= 4 is 11.6 Å². The van der Waals surface area contributed by atoms with Gasteiger partial charge in [0.2, 0.25) is 0 Å². The van der Waals surface area contributed by atoms with Crippen LogP contribution in [0.5, 0.6) is 5.75 Å². The summed E-state index contributed by atoms with van der Waals surface area (Å²) >= 11 is 0. The van der Waals surface area contributed by atoms with Crippen molar-refractivity contribution in [1.82, 2.24) is 5.32 Å². The molecule has 0 fully saturated rings. The number of hydrogen-bond donors (Lipinski definition) is 2. The molecule has 1 amide bonds. The Morgan fingerprint density at radius 1 is 1.47 bits per heavy atom. The molecule has 19 heavy (non-hydrogen) atoms. The van der Waals surface area contributed by atoms with Gasteiger partial charge in [-0.05, 0) is 44.6 Å². The van der Waals surface area contributed by atoms with Crippen LogP contribution >= 0.6 is 0 Å². The first kappa shape index (κ1) is 13.8. The van der Waals surface area contributed by atoms with Crippen LogP contribution in [-0.4, -0.2) is 38.7 Å². The van der Waals surface area contributed by atoms with Crippen molar-refractivity contribution in [3.63, 3.8) is 0 Å². The molecule has 1 aromatic rings. The van der Waals surface area contributed by atoms with Gasteiger partial charge in [0.15, 0.2) is 6.10 Å². The molecule has 0 aromatic heterocycles. The quantitative estimate of drug-likeness (QED) is 0.813. The number of hydrogen-bond acceptors (Lipinski definition) is 4. The molecule has 1 aromatic carbocycles. The van der Waals surface area contributed by atoms with Gasteiger partial charge in [-0.3, -0.25) is 4.79 Å². The normalized spacial score (nSPS) is 18.2. The van der Waals surface area contributed by atoms with Crippen molar-refractivity contribution in [2.24, 2.45) is 5.73 Å². The first-order valence-corrected chi connectivity index (χ1v) is 6.63. The van der Waals surface area contributed by atoms with Gasteiger partial charge in [0.1, 0.15) is 5.75 Å². The molecule has 0 bridgehead atoms. The van der Waals surface area contributed by atoms with E-state index in [2.05, 4.69) is 5.32 Å². The molecule has 5 heteroatoms. The van der Waals surface area contributed by atoms with Crippen LogP contribution in [0.1, 0.15) is 12.5 Å². The predicted octanol–water partition coefficient (Wildman–Crippen LogP) is 0.521. The summed E-state index contributed by atoms with van der Waals surface area (Å²) in [5.74, 6) is 0.734. The van der Waals surface area contributed by atoms with E-state index in [-0.39, 0.29) is 5.91 Å². The predicted molar refractivity (Wildman–Crippen MR) is 75.6 cm³/mol. The zero-order valence-electron chi connectivity index (χ0n) is 11.5. The topological polar surface area (TPSA) is 67.6 Å². The largest absolute Gasteiger partial charge is 0.479 e. The second kappa shape index (κ2) is 6.04. The molecule has 3 N–H and O–H groups in total. The lowest BCUT2D eigenvalue weighted by molar-refractivity contribution is -0.125. The summed E-state index contributed by atoms with van der Waals surface area (Å²) in [5.41, 5.74) is 7.61. The van der Waals surface area contributed by atoms with Crippen molar-refractivity contribution in [2.75, 3.05) is 31.6 Å². The molecule has 0 aliphatic carbocycles. The van der Waals surface area contributed by atoms with Gasteiger partial charge in [-0.25, -0.2) is 0 Å². The molecule has 1 aliphatic rings. The van der Waals surface area contributed by atoms with Gasteiger partial charge in [-0.1, -0.05) is 6.07 Å². The number of fused-ring (bicyclic) bond motifs is 1. The number of benzene rings is 1. The fourth-order valence-electron chi connectivity index (χ4n) is 2.24. The monoisotopic (exact) mass is 263 g/mol. The Bertz CT molecular complexity index is 462. The fraction of sp³-hybridized carbons (Fsp3) is 0.500. The highest BCUT2D eigenvalue weighted by atomic mass is 16.5. The number of likely N-dealkylation sites (N-methyl/N-ethyl adjacent to an activating group) is 1. The van der Waals surface area contributed by atoms with E-state index in [1.54, 1.807) is 11.8 Å². The number of nitrogens with zero attached hydrogens (tertiary/aromatic N) is 1. The third kappa shape index (κ3) is 2.88. The molecular formula is C14H21N3O2.